The van der Waals surface area contributed by atoms with Crippen molar-refractivity contribution in [1.29, 1.82) is 0 Å². The molecule has 1 N–H and O–H groups in total. The van der Waals surface area contributed by atoms with Crippen LogP contribution >= 0.6 is 0 Å². The number of rotatable bonds is 4. The van der Waals surface area contributed by atoms with E-state index >= 15 is 0 Å². The number of nitrogens with one attached hydrogen (secondary N) is 1. The molecule has 9 heteroatoms. The predicted molar refractivity (Wildman–Crippen MR) is 80.3 cm³/mol. The van der Waals surface area contributed by atoms with Gasteiger partial charge in [0.25, 0.3) is 0 Å². The maximum atomic E-state index is 13.1. The molecule has 6 nitrogen and oxygen atoms in total. The van der Waals surface area contributed by atoms with E-state index in [0.29, 0.717) is 12.1 Å². The van der Waals surface area contributed by atoms with E-state index in [4.69, 9.17) is 0 Å². The van der Waals surface area contributed by atoms with Crippen molar-refractivity contribution >= 4 is 17.0 Å². The molecule has 1 aliphatic rings. The first kappa shape index (κ1) is 14.9. The van der Waals surface area contributed by atoms with E-state index in [1.165, 1.54) is 6.33 Å². The molecule has 1 aliphatic carbocycles. The van der Waals surface area contributed by atoms with Crippen molar-refractivity contribution in [3.05, 3.63) is 42.2 Å². The van der Waals surface area contributed by atoms with Gasteiger partial charge in [0.05, 0.1) is 12.9 Å². The zero-order chi connectivity index (χ0) is 16.7. The summed E-state index contributed by atoms with van der Waals surface area (Å²) in [5.74, 6) is -1.02. The van der Waals surface area contributed by atoms with E-state index < -0.39 is 12.0 Å². The topological polar surface area (TPSA) is 68.5 Å². The van der Waals surface area contributed by atoms with Crippen molar-refractivity contribution in [1.82, 2.24) is 24.5 Å². The molecule has 1 fully saturated rings. The molecule has 0 spiro atoms. The molecule has 0 amide bonds. The predicted octanol–water partition coefficient (Wildman–Crippen LogP) is 2.86. The van der Waals surface area contributed by atoms with Gasteiger partial charge in [-0.05, 0) is 30.5 Å². The molecule has 3 aromatic heterocycles. The third-order valence-electron chi connectivity index (χ3n) is 3.74. The Labute approximate surface area is 134 Å². The number of nitrogens with zero attached hydrogens (tertiary/aromatic N) is 5. The number of hydrogen-bond acceptors (Lipinski definition) is 5. The Morgan fingerprint density at radius 2 is 1.92 bits per heavy atom. The summed E-state index contributed by atoms with van der Waals surface area (Å²) in [5.41, 5.74) is 1.41. The normalized spacial score (nSPS) is 15.0. The van der Waals surface area contributed by atoms with Crippen LogP contribution in [0.5, 0.6) is 0 Å². The molecule has 0 saturated heterocycles. The minimum atomic E-state index is -4.61. The summed E-state index contributed by atoms with van der Waals surface area (Å²) in [6, 6.07) is 3.75. The highest BCUT2D eigenvalue weighted by Crippen LogP contribution is 2.32. The zero-order valence-electron chi connectivity index (χ0n) is 12.5. The highest BCUT2D eigenvalue weighted by Gasteiger charge is 2.37. The summed E-state index contributed by atoms with van der Waals surface area (Å²) < 4.78 is 41.0. The van der Waals surface area contributed by atoms with E-state index in [2.05, 4.69) is 25.3 Å². The highest BCUT2D eigenvalue weighted by atomic mass is 19.4. The molecule has 4 rings (SSSR count). The summed E-state index contributed by atoms with van der Waals surface area (Å²) in [6.07, 6.45) is 1.97. The van der Waals surface area contributed by atoms with E-state index in [-0.39, 0.29) is 17.5 Å². The van der Waals surface area contributed by atoms with E-state index in [9.17, 15) is 13.2 Å². The van der Waals surface area contributed by atoms with Crippen molar-refractivity contribution in [2.24, 2.45) is 0 Å². The quantitative estimate of drug-likeness (QED) is 0.794. The first-order valence-corrected chi connectivity index (χ1v) is 7.46. The number of hydrogen-bond donors (Lipinski definition) is 1. The first-order chi connectivity index (χ1) is 11.5. The lowest BCUT2D eigenvalue weighted by Gasteiger charge is -2.10. The van der Waals surface area contributed by atoms with Gasteiger partial charge in [0.1, 0.15) is 5.52 Å². The highest BCUT2D eigenvalue weighted by molar-refractivity contribution is 5.83. The fourth-order valence-electron chi connectivity index (χ4n) is 2.39. The monoisotopic (exact) mass is 334 g/mol. The second-order valence-electron chi connectivity index (χ2n) is 5.71. The van der Waals surface area contributed by atoms with Gasteiger partial charge in [0.2, 0.25) is 5.82 Å². The molecule has 124 valence electrons. The van der Waals surface area contributed by atoms with Crippen LogP contribution in [0.3, 0.4) is 0 Å². The first-order valence-electron chi connectivity index (χ1n) is 7.46. The Morgan fingerprint density at radius 3 is 2.58 bits per heavy atom. The van der Waals surface area contributed by atoms with Crippen LogP contribution in [0.4, 0.5) is 19.0 Å². The Bertz CT molecular complexity index is 870. The van der Waals surface area contributed by atoms with Crippen LogP contribution in [-0.4, -0.2) is 30.5 Å². The van der Waals surface area contributed by atoms with Gasteiger partial charge < -0.3 is 9.88 Å². The largest absolute Gasteiger partial charge is 0.451 e. The Hall–Kier alpha value is -2.71. The molecule has 0 radical (unpaired) electrons. The molecule has 0 atom stereocenters. The Morgan fingerprint density at radius 1 is 1.17 bits per heavy atom. The summed E-state index contributed by atoms with van der Waals surface area (Å²) in [4.78, 5) is 15.5. The summed E-state index contributed by atoms with van der Waals surface area (Å²) in [6.45, 7) is 0.357. The number of aromatic nitrogens is 5. The number of fused-ring (bicyclic) bond motifs is 1. The third-order valence-corrected chi connectivity index (χ3v) is 3.74. The number of imidazole rings is 1. The molecule has 24 heavy (non-hydrogen) atoms. The Balaban J connectivity index is 1.80. The van der Waals surface area contributed by atoms with E-state index in [1.54, 1.807) is 29.1 Å². The van der Waals surface area contributed by atoms with Crippen molar-refractivity contribution < 1.29 is 13.2 Å². The van der Waals surface area contributed by atoms with Crippen molar-refractivity contribution in [2.75, 3.05) is 5.32 Å². The van der Waals surface area contributed by atoms with Gasteiger partial charge in [-0.2, -0.15) is 13.2 Å². The van der Waals surface area contributed by atoms with Crippen LogP contribution < -0.4 is 5.32 Å². The molecule has 0 bridgehead atoms. The molecular weight excluding hydrogens is 321 g/mol. The molecule has 0 unspecified atom stereocenters. The molecule has 0 aromatic carbocycles. The lowest BCUT2D eigenvalue weighted by molar-refractivity contribution is -0.144. The average Bonchev–Trinajstić information content (AvgIpc) is 3.27. The van der Waals surface area contributed by atoms with Crippen molar-refractivity contribution in [2.45, 2.75) is 31.6 Å². The minimum absolute atomic E-state index is 0.142. The van der Waals surface area contributed by atoms with Crippen LogP contribution in [0.25, 0.3) is 11.2 Å². The molecular formula is C15H13F3N6. The van der Waals surface area contributed by atoms with Crippen molar-refractivity contribution in [3.63, 3.8) is 0 Å². The Kier molecular flexibility index (Phi) is 3.36. The van der Waals surface area contributed by atoms with E-state index in [1.807, 2.05) is 0 Å². The van der Waals surface area contributed by atoms with Crippen LogP contribution in [0.2, 0.25) is 0 Å². The van der Waals surface area contributed by atoms with Gasteiger partial charge in [0, 0.05) is 18.4 Å². The van der Waals surface area contributed by atoms with Gasteiger partial charge >= 0.3 is 6.18 Å². The van der Waals surface area contributed by atoms with Gasteiger partial charge in [0.15, 0.2) is 11.5 Å². The number of halogens is 3. The molecule has 1 saturated carbocycles. The smallest absolute Gasteiger partial charge is 0.365 e. The molecule has 3 aromatic rings. The average molecular weight is 334 g/mol. The van der Waals surface area contributed by atoms with Crippen LogP contribution in [0.1, 0.15) is 24.2 Å². The summed E-state index contributed by atoms with van der Waals surface area (Å²) in [5, 5.41) is 3.01. The molecule has 3 heterocycles. The number of alkyl halides is 3. The van der Waals surface area contributed by atoms with Crippen LogP contribution in [0, 0.1) is 0 Å². The fraction of sp³-hybridized carbons (Fsp3) is 0.333. The van der Waals surface area contributed by atoms with Gasteiger partial charge in [-0.1, -0.05) is 0 Å². The number of anilines is 1. The number of pyridine rings is 1. The van der Waals surface area contributed by atoms with Gasteiger partial charge in [-0.25, -0.2) is 15.0 Å². The SMILES string of the molecule is FC(F)(F)c1nc(NC2CC2)c2ncn(Cc3ccncc3)c2n1. The van der Waals surface area contributed by atoms with Gasteiger partial charge in [-0.15, -0.1) is 0 Å². The summed E-state index contributed by atoms with van der Waals surface area (Å²) in [7, 11) is 0. The summed E-state index contributed by atoms with van der Waals surface area (Å²) >= 11 is 0. The lowest BCUT2D eigenvalue weighted by atomic mass is 10.3. The standard InChI is InChI=1S/C15H13F3N6/c16-15(17,18)14-22-12(21-10-1-2-10)11-13(23-14)24(8-20-11)7-9-3-5-19-6-4-9/h3-6,8,10H,1-2,7H2,(H,21,22,23). The zero-order valence-corrected chi connectivity index (χ0v) is 12.5. The van der Waals surface area contributed by atoms with Crippen LogP contribution in [-0.2, 0) is 12.7 Å². The van der Waals surface area contributed by atoms with Crippen molar-refractivity contribution in [3.8, 4) is 0 Å². The minimum Gasteiger partial charge on any atom is -0.365 e. The fourth-order valence-corrected chi connectivity index (χ4v) is 2.39. The maximum absolute atomic E-state index is 13.1. The molecule has 0 aliphatic heterocycles. The van der Waals surface area contributed by atoms with Crippen LogP contribution in [0.15, 0.2) is 30.9 Å². The maximum Gasteiger partial charge on any atom is 0.451 e. The third kappa shape index (κ3) is 2.89. The van der Waals surface area contributed by atoms with E-state index in [0.717, 1.165) is 18.4 Å². The van der Waals surface area contributed by atoms with Gasteiger partial charge in [-0.3, -0.25) is 4.98 Å². The lowest BCUT2D eigenvalue weighted by Crippen LogP contribution is -2.15. The second kappa shape index (κ2) is 5.43. The second-order valence-corrected chi connectivity index (χ2v) is 5.71.